The second-order valence-electron chi connectivity index (χ2n) is 6.28. The summed E-state index contributed by atoms with van der Waals surface area (Å²) >= 11 is 15.9. The Hall–Kier alpha value is -1.99. The molecule has 0 aliphatic carbocycles. The van der Waals surface area contributed by atoms with Gasteiger partial charge in [0, 0.05) is 15.8 Å². The molecule has 4 rings (SSSR count). The molecule has 0 atom stereocenters. The number of hydrogen-bond acceptors (Lipinski definition) is 5. The van der Waals surface area contributed by atoms with Gasteiger partial charge in [-0.05, 0) is 53.8 Å². The van der Waals surface area contributed by atoms with Crippen LogP contribution in [0.5, 0.6) is 5.75 Å². The van der Waals surface area contributed by atoms with Crippen molar-refractivity contribution in [3.63, 3.8) is 0 Å². The van der Waals surface area contributed by atoms with Gasteiger partial charge >= 0.3 is 0 Å². The van der Waals surface area contributed by atoms with E-state index in [2.05, 4.69) is 23.2 Å². The monoisotopic (exact) mass is 461 g/mol. The molecule has 0 N–H and O–H groups in total. The molecule has 8 heteroatoms. The van der Waals surface area contributed by atoms with Crippen molar-refractivity contribution >= 4 is 46.3 Å². The van der Waals surface area contributed by atoms with E-state index in [1.54, 1.807) is 18.4 Å². The molecule has 148 valence electrons. The Morgan fingerprint density at radius 3 is 2.55 bits per heavy atom. The minimum atomic E-state index is 0.579. The molecule has 4 nitrogen and oxygen atoms in total. The second kappa shape index (κ2) is 8.79. The van der Waals surface area contributed by atoms with Crippen LogP contribution in [-0.2, 0) is 5.75 Å². The Balaban J connectivity index is 1.81. The molecule has 2 aromatic heterocycles. The quantitative estimate of drug-likeness (QED) is 0.292. The molecular formula is C21H17Cl2N3OS2. The molecule has 4 aromatic rings. The van der Waals surface area contributed by atoms with Crippen molar-refractivity contribution in [3.8, 4) is 22.1 Å². The third-order valence-corrected chi connectivity index (χ3v) is 6.89. The molecule has 0 spiro atoms. The summed E-state index contributed by atoms with van der Waals surface area (Å²) in [5.74, 6) is 2.11. The Bertz CT molecular complexity index is 1120. The molecule has 0 aliphatic heterocycles. The highest BCUT2D eigenvalue weighted by Crippen LogP contribution is 2.37. The molecule has 0 aliphatic rings. The predicted octanol–water partition coefficient (Wildman–Crippen LogP) is 6.91. The maximum absolute atomic E-state index is 6.35. The summed E-state index contributed by atoms with van der Waals surface area (Å²) in [6.07, 6.45) is 0. The van der Waals surface area contributed by atoms with Gasteiger partial charge in [0.1, 0.15) is 5.75 Å². The molecular weight excluding hydrogens is 445 g/mol. The lowest BCUT2D eigenvalue weighted by Gasteiger charge is -2.14. The Labute approximate surface area is 187 Å². The lowest BCUT2D eigenvalue weighted by atomic mass is 10.2. The molecule has 2 heterocycles. The van der Waals surface area contributed by atoms with Gasteiger partial charge in [0.25, 0.3) is 0 Å². The number of nitrogens with zero attached hydrogens (tertiary/aromatic N) is 3. The lowest BCUT2D eigenvalue weighted by molar-refractivity contribution is 0.412. The average Bonchev–Trinajstić information content (AvgIpc) is 3.37. The van der Waals surface area contributed by atoms with E-state index in [0.29, 0.717) is 15.8 Å². The van der Waals surface area contributed by atoms with Crippen molar-refractivity contribution < 1.29 is 4.74 Å². The third kappa shape index (κ3) is 4.16. The van der Waals surface area contributed by atoms with Crippen LogP contribution in [0.4, 0.5) is 0 Å². The molecule has 0 fully saturated rings. The third-order valence-electron chi connectivity index (χ3n) is 4.36. The number of methoxy groups -OCH3 is 1. The molecule has 0 amide bonds. The number of benzene rings is 2. The maximum atomic E-state index is 6.35. The summed E-state index contributed by atoms with van der Waals surface area (Å²) in [5, 5.41) is 13.0. The van der Waals surface area contributed by atoms with Gasteiger partial charge in [0.2, 0.25) is 0 Å². The number of halogens is 2. The molecule has 0 saturated carbocycles. The summed E-state index contributed by atoms with van der Waals surface area (Å²) in [6, 6.07) is 15.6. The lowest BCUT2D eigenvalue weighted by Crippen LogP contribution is -2.02. The molecule has 0 bridgehead atoms. The van der Waals surface area contributed by atoms with Gasteiger partial charge in [0.15, 0.2) is 11.0 Å². The molecule has 29 heavy (non-hydrogen) atoms. The summed E-state index contributed by atoms with van der Waals surface area (Å²) in [6.45, 7) is 2.05. The highest BCUT2D eigenvalue weighted by molar-refractivity contribution is 7.98. The number of ether oxygens (including phenoxy) is 1. The van der Waals surface area contributed by atoms with Crippen LogP contribution in [0.1, 0.15) is 11.1 Å². The van der Waals surface area contributed by atoms with Crippen molar-refractivity contribution in [1.82, 2.24) is 14.8 Å². The zero-order valence-corrected chi connectivity index (χ0v) is 18.9. The van der Waals surface area contributed by atoms with E-state index in [4.69, 9.17) is 27.9 Å². The van der Waals surface area contributed by atoms with Gasteiger partial charge in [-0.15, -0.1) is 21.5 Å². The van der Waals surface area contributed by atoms with Gasteiger partial charge in [-0.3, -0.25) is 4.57 Å². The van der Waals surface area contributed by atoms with Gasteiger partial charge in [-0.25, -0.2) is 0 Å². The fraction of sp³-hybridized carbons (Fsp3) is 0.143. The minimum absolute atomic E-state index is 0.579. The van der Waals surface area contributed by atoms with Crippen LogP contribution in [-0.4, -0.2) is 21.9 Å². The fourth-order valence-corrected chi connectivity index (χ4v) is 5.31. The van der Waals surface area contributed by atoms with Crippen LogP contribution in [0.3, 0.4) is 0 Å². The van der Waals surface area contributed by atoms with Crippen molar-refractivity contribution in [2.45, 2.75) is 17.8 Å². The second-order valence-corrected chi connectivity index (χ2v) is 8.99. The number of thioether (sulfide) groups is 1. The summed E-state index contributed by atoms with van der Waals surface area (Å²) in [5.41, 5.74) is 2.90. The molecule has 2 aromatic carbocycles. The number of aryl methyl sites for hydroxylation is 1. The van der Waals surface area contributed by atoms with E-state index < -0.39 is 0 Å². The number of aromatic nitrogens is 3. The smallest absolute Gasteiger partial charge is 0.196 e. The van der Waals surface area contributed by atoms with Crippen molar-refractivity contribution in [1.29, 1.82) is 0 Å². The van der Waals surface area contributed by atoms with E-state index in [1.165, 1.54) is 11.8 Å². The Kier molecular flexibility index (Phi) is 6.15. The van der Waals surface area contributed by atoms with E-state index in [9.17, 15) is 0 Å². The van der Waals surface area contributed by atoms with E-state index >= 15 is 0 Å². The highest BCUT2D eigenvalue weighted by atomic mass is 35.5. The SMILES string of the molecule is COc1ccc(C)cc1-n1c(SCc2c(Cl)cccc2Cl)nnc1-c1cccs1. The maximum Gasteiger partial charge on any atom is 0.196 e. The number of rotatable bonds is 6. The summed E-state index contributed by atoms with van der Waals surface area (Å²) in [7, 11) is 1.67. The molecule has 0 unspecified atom stereocenters. The van der Waals surface area contributed by atoms with Crippen LogP contribution >= 0.6 is 46.3 Å². The van der Waals surface area contributed by atoms with E-state index in [0.717, 1.165) is 38.4 Å². The van der Waals surface area contributed by atoms with Gasteiger partial charge in [-0.1, -0.05) is 53.2 Å². The Morgan fingerprint density at radius 1 is 1.07 bits per heavy atom. The first-order chi connectivity index (χ1) is 14.1. The van der Waals surface area contributed by atoms with Gasteiger partial charge < -0.3 is 4.74 Å². The highest BCUT2D eigenvalue weighted by Gasteiger charge is 2.20. The standard InChI is InChI=1S/C21H17Cl2N3OS2/c1-13-8-9-18(27-2)17(11-13)26-20(19-7-4-10-28-19)24-25-21(26)29-12-14-15(22)5-3-6-16(14)23/h3-11H,12H2,1-2H3. The van der Waals surface area contributed by atoms with E-state index in [1.807, 2.05) is 52.4 Å². The Morgan fingerprint density at radius 2 is 1.86 bits per heavy atom. The average molecular weight is 462 g/mol. The predicted molar refractivity (Wildman–Crippen MR) is 122 cm³/mol. The first kappa shape index (κ1) is 20.3. The summed E-state index contributed by atoms with van der Waals surface area (Å²) < 4.78 is 7.66. The number of hydrogen-bond donors (Lipinski definition) is 0. The van der Waals surface area contributed by atoms with Gasteiger partial charge in [-0.2, -0.15) is 0 Å². The van der Waals surface area contributed by atoms with Crippen molar-refractivity contribution in [2.75, 3.05) is 7.11 Å². The van der Waals surface area contributed by atoms with Crippen LogP contribution in [0.25, 0.3) is 16.4 Å². The first-order valence-corrected chi connectivity index (χ1v) is 11.4. The molecule has 0 saturated heterocycles. The van der Waals surface area contributed by atoms with Crippen LogP contribution in [0.2, 0.25) is 10.0 Å². The zero-order valence-electron chi connectivity index (χ0n) is 15.7. The van der Waals surface area contributed by atoms with E-state index in [-0.39, 0.29) is 0 Å². The van der Waals surface area contributed by atoms with Crippen LogP contribution in [0.15, 0.2) is 59.1 Å². The minimum Gasteiger partial charge on any atom is -0.495 e. The normalized spacial score (nSPS) is 11.0. The van der Waals surface area contributed by atoms with Crippen molar-refractivity contribution in [3.05, 3.63) is 75.1 Å². The van der Waals surface area contributed by atoms with Crippen molar-refractivity contribution in [2.24, 2.45) is 0 Å². The van der Waals surface area contributed by atoms with Crippen LogP contribution in [0, 0.1) is 6.92 Å². The fourth-order valence-electron chi connectivity index (χ4n) is 2.93. The van der Waals surface area contributed by atoms with Gasteiger partial charge in [0.05, 0.1) is 17.7 Å². The molecule has 0 radical (unpaired) electrons. The largest absolute Gasteiger partial charge is 0.495 e. The van der Waals surface area contributed by atoms with Crippen LogP contribution < -0.4 is 4.74 Å². The first-order valence-electron chi connectivity index (χ1n) is 8.78. The zero-order chi connectivity index (χ0) is 20.4. The topological polar surface area (TPSA) is 39.9 Å². The summed E-state index contributed by atoms with van der Waals surface area (Å²) in [4.78, 5) is 1.03. The number of thiophene rings is 1.